The predicted molar refractivity (Wildman–Crippen MR) is 99.9 cm³/mol. The first-order valence-electron chi connectivity index (χ1n) is 8.76. The van der Waals surface area contributed by atoms with Crippen molar-refractivity contribution in [2.75, 3.05) is 38.2 Å². The fourth-order valence-corrected chi connectivity index (χ4v) is 3.34. The summed E-state index contributed by atoms with van der Waals surface area (Å²) < 4.78 is 9.99. The Balaban J connectivity index is 1.40. The molecule has 1 N–H and O–H groups in total. The lowest BCUT2D eigenvalue weighted by atomic mass is 10.2. The molecular formula is C19H20N4O4. The van der Waals surface area contributed by atoms with Crippen molar-refractivity contribution in [2.24, 2.45) is 0 Å². The summed E-state index contributed by atoms with van der Waals surface area (Å²) >= 11 is 0. The van der Waals surface area contributed by atoms with E-state index < -0.39 is 5.76 Å². The van der Waals surface area contributed by atoms with Crippen LogP contribution in [0.2, 0.25) is 0 Å². The molecule has 140 valence electrons. The average Bonchev–Trinajstić information content (AvgIpc) is 3.09. The van der Waals surface area contributed by atoms with Crippen molar-refractivity contribution in [2.45, 2.75) is 6.54 Å². The van der Waals surface area contributed by atoms with Crippen LogP contribution in [-0.2, 0) is 11.3 Å². The molecule has 27 heavy (non-hydrogen) atoms. The van der Waals surface area contributed by atoms with Gasteiger partial charge in [-0.05, 0) is 24.3 Å². The zero-order valence-corrected chi connectivity index (χ0v) is 15.0. The number of hydrogen-bond donors (Lipinski definition) is 1. The lowest BCUT2D eigenvalue weighted by molar-refractivity contribution is 0.0600. The van der Waals surface area contributed by atoms with Gasteiger partial charge in [0.25, 0.3) is 0 Å². The highest BCUT2D eigenvalue weighted by Crippen LogP contribution is 2.26. The van der Waals surface area contributed by atoms with Gasteiger partial charge in [-0.3, -0.25) is 14.9 Å². The smallest absolute Gasteiger partial charge is 0.417 e. The number of anilines is 1. The molecule has 2 aromatic heterocycles. The first-order valence-corrected chi connectivity index (χ1v) is 8.76. The number of fused-ring (bicyclic) bond motifs is 1. The number of carbonyl (C=O) groups excluding carboxylic acids is 1. The molecule has 8 nitrogen and oxygen atoms in total. The summed E-state index contributed by atoms with van der Waals surface area (Å²) in [6.45, 7) is 4.11. The monoisotopic (exact) mass is 368 g/mol. The minimum atomic E-state index is -0.433. The van der Waals surface area contributed by atoms with Gasteiger partial charge in [0.15, 0.2) is 5.58 Å². The maximum atomic E-state index is 11.5. The van der Waals surface area contributed by atoms with Gasteiger partial charge in [0.05, 0.1) is 29.6 Å². The van der Waals surface area contributed by atoms with Gasteiger partial charge >= 0.3 is 11.7 Å². The number of carbonyl (C=O) groups is 1. The number of aromatic nitrogens is 2. The van der Waals surface area contributed by atoms with E-state index in [-0.39, 0.29) is 5.97 Å². The van der Waals surface area contributed by atoms with Gasteiger partial charge in [0.1, 0.15) is 0 Å². The summed E-state index contributed by atoms with van der Waals surface area (Å²) in [5, 5.41) is 0. The van der Waals surface area contributed by atoms with Crippen LogP contribution >= 0.6 is 0 Å². The number of benzene rings is 1. The lowest BCUT2D eigenvalue weighted by Gasteiger charge is -2.35. The molecule has 8 heteroatoms. The molecule has 3 aromatic rings. The number of methoxy groups -OCH3 is 1. The number of esters is 1. The first kappa shape index (κ1) is 17.3. The Bertz CT molecular complexity index is 1000. The van der Waals surface area contributed by atoms with E-state index in [0.717, 1.165) is 49.6 Å². The largest absolute Gasteiger partial charge is 0.465 e. The zero-order chi connectivity index (χ0) is 18.8. The molecule has 0 amide bonds. The molecule has 0 saturated carbocycles. The third-order valence-electron chi connectivity index (χ3n) is 4.77. The van der Waals surface area contributed by atoms with Crippen molar-refractivity contribution in [3.05, 3.63) is 58.3 Å². The van der Waals surface area contributed by atoms with Crippen molar-refractivity contribution < 1.29 is 13.9 Å². The Kier molecular flexibility index (Phi) is 4.64. The van der Waals surface area contributed by atoms with Crippen LogP contribution in [0.15, 0.2) is 45.7 Å². The summed E-state index contributed by atoms with van der Waals surface area (Å²) in [5.74, 6) is -0.814. The van der Waals surface area contributed by atoms with Gasteiger partial charge in [-0.1, -0.05) is 6.07 Å². The number of nitrogens with zero attached hydrogens (tertiary/aromatic N) is 3. The van der Waals surface area contributed by atoms with Crippen LogP contribution in [0, 0.1) is 0 Å². The van der Waals surface area contributed by atoms with Gasteiger partial charge in [0.2, 0.25) is 0 Å². The molecule has 1 aromatic carbocycles. The number of pyridine rings is 1. The van der Waals surface area contributed by atoms with E-state index in [9.17, 15) is 9.59 Å². The van der Waals surface area contributed by atoms with E-state index in [1.807, 2.05) is 24.3 Å². The highest BCUT2D eigenvalue weighted by molar-refractivity contribution is 5.88. The second-order valence-corrected chi connectivity index (χ2v) is 6.46. The number of H-pyrrole nitrogens is 1. The van der Waals surface area contributed by atoms with Crippen LogP contribution in [0.5, 0.6) is 0 Å². The molecule has 1 fully saturated rings. The molecule has 0 radical (unpaired) electrons. The molecule has 3 heterocycles. The molecule has 1 aliphatic rings. The number of piperazine rings is 1. The quantitative estimate of drug-likeness (QED) is 0.700. The first-order chi connectivity index (χ1) is 13.1. The summed E-state index contributed by atoms with van der Waals surface area (Å²) in [6, 6.07) is 9.32. The van der Waals surface area contributed by atoms with E-state index in [4.69, 9.17) is 4.42 Å². The van der Waals surface area contributed by atoms with Crippen LogP contribution < -0.4 is 10.7 Å². The normalized spacial score (nSPS) is 15.2. The Morgan fingerprint density at radius 3 is 2.74 bits per heavy atom. The summed E-state index contributed by atoms with van der Waals surface area (Å²) in [6.07, 6.45) is 1.55. The fourth-order valence-electron chi connectivity index (χ4n) is 3.34. The number of oxazole rings is 1. The lowest BCUT2D eigenvalue weighted by Crippen LogP contribution is -2.46. The maximum Gasteiger partial charge on any atom is 0.417 e. The average molecular weight is 368 g/mol. The van der Waals surface area contributed by atoms with Crippen LogP contribution in [-0.4, -0.2) is 54.1 Å². The van der Waals surface area contributed by atoms with Crippen molar-refractivity contribution >= 4 is 22.8 Å². The van der Waals surface area contributed by atoms with Crippen LogP contribution in [0.1, 0.15) is 16.1 Å². The van der Waals surface area contributed by atoms with Crippen molar-refractivity contribution in [3.63, 3.8) is 0 Å². The van der Waals surface area contributed by atoms with Crippen molar-refractivity contribution in [3.8, 4) is 0 Å². The van der Waals surface area contributed by atoms with E-state index in [2.05, 4.69) is 24.5 Å². The van der Waals surface area contributed by atoms with E-state index in [1.165, 1.54) is 7.11 Å². The van der Waals surface area contributed by atoms with Crippen LogP contribution in [0.25, 0.3) is 11.1 Å². The van der Waals surface area contributed by atoms with Gasteiger partial charge in [0, 0.05) is 38.9 Å². The SMILES string of the molecule is COC(=O)c1ccc(CN2CCN(c3cccc4[nH]c(=O)oc34)CC2)nc1. The molecule has 0 spiro atoms. The Hall–Kier alpha value is -3.13. The molecule has 0 unspecified atom stereocenters. The highest BCUT2D eigenvalue weighted by atomic mass is 16.5. The molecular weight excluding hydrogens is 348 g/mol. The molecule has 0 bridgehead atoms. The van der Waals surface area contributed by atoms with Gasteiger partial charge in [-0.2, -0.15) is 0 Å². The van der Waals surface area contributed by atoms with Gasteiger partial charge in [-0.15, -0.1) is 0 Å². The number of nitrogens with one attached hydrogen (secondary N) is 1. The van der Waals surface area contributed by atoms with Crippen molar-refractivity contribution in [1.29, 1.82) is 0 Å². The molecule has 4 rings (SSSR count). The number of aromatic amines is 1. The number of hydrogen-bond acceptors (Lipinski definition) is 7. The Morgan fingerprint density at radius 1 is 1.22 bits per heavy atom. The summed E-state index contributed by atoms with van der Waals surface area (Å²) in [4.78, 5) is 34.5. The Labute approximate surface area is 155 Å². The molecule has 1 aliphatic heterocycles. The summed E-state index contributed by atoms with van der Waals surface area (Å²) in [7, 11) is 1.36. The predicted octanol–water partition coefficient (Wildman–Crippen LogP) is 1.62. The van der Waals surface area contributed by atoms with Gasteiger partial charge < -0.3 is 14.1 Å². The number of ether oxygens (including phenoxy) is 1. The van der Waals surface area contributed by atoms with Crippen molar-refractivity contribution in [1.82, 2.24) is 14.9 Å². The maximum absolute atomic E-state index is 11.5. The van der Waals surface area contributed by atoms with Gasteiger partial charge in [-0.25, -0.2) is 9.59 Å². The number of rotatable bonds is 4. The minimum absolute atomic E-state index is 0.381. The zero-order valence-electron chi connectivity index (χ0n) is 15.0. The standard InChI is InChI=1S/C19H20N4O4/c1-26-18(24)13-5-6-14(20-11-13)12-22-7-9-23(10-8-22)16-4-2-3-15-17(16)27-19(25)21-15/h2-6,11H,7-10,12H2,1H3,(H,21,25). The van der Waals surface area contributed by atoms with E-state index in [1.54, 1.807) is 12.3 Å². The van der Waals surface area contributed by atoms with E-state index >= 15 is 0 Å². The van der Waals surface area contributed by atoms with Crippen LogP contribution in [0.4, 0.5) is 5.69 Å². The third kappa shape index (κ3) is 3.56. The molecule has 1 saturated heterocycles. The molecule has 0 aliphatic carbocycles. The molecule has 0 atom stereocenters. The second-order valence-electron chi connectivity index (χ2n) is 6.46. The summed E-state index contributed by atoms with van der Waals surface area (Å²) in [5.41, 5.74) is 3.62. The second kappa shape index (κ2) is 7.24. The third-order valence-corrected chi connectivity index (χ3v) is 4.77. The fraction of sp³-hybridized carbons (Fsp3) is 0.316. The number of para-hydroxylation sites is 1. The minimum Gasteiger partial charge on any atom is -0.465 e. The Morgan fingerprint density at radius 2 is 2.04 bits per heavy atom. The topological polar surface area (TPSA) is 91.7 Å². The van der Waals surface area contributed by atoms with E-state index in [0.29, 0.717) is 11.1 Å². The highest BCUT2D eigenvalue weighted by Gasteiger charge is 2.20. The van der Waals surface area contributed by atoms with Crippen LogP contribution in [0.3, 0.4) is 0 Å².